The second-order valence-corrected chi connectivity index (χ2v) is 4.81. The van der Waals surface area contributed by atoms with Crippen LogP contribution in [0.3, 0.4) is 0 Å². The van der Waals surface area contributed by atoms with Crippen LogP contribution in [0.15, 0.2) is 30.5 Å². The topological polar surface area (TPSA) is 86.9 Å². The van der Waals surface area contributed by atoms with E-state index in [0.29, 0.717) is 0 Å². The molecule has 0 spiro atoms. The highest BCUT2D eigenvalue weighted by atomic mass is 16.1. The fourth-order valence-electron chi connectivity index (χ4n) is 2.06. The Bertz CT molecular complexity index is 601. The monoisotopic (exact) mass is 258 g/mol. The number of carbonyl (C=O) groups is 1. The molecular weight excluding hydrogens is 240 g/mol. The Labute approximate surface area is 112 Å². The minimum absolute atomic E-state index is 0.136. The first-order chi connectivity index (χ1) is 8.97. The normalized spacial score (nSPS) is 12.4. The highest BCUT2D eigenvalue weighted by Gasteiger charge is 2.08. The highest BCUT2D eigenvalue weighted by Crippen LogP contribution is 2.16. The van der Waals surface area contributed by atoms with Crippen LogP contribution in [0.4, 0.5) is 0 Å². The Kier molecular flexibility index (Phi) is 3.66. The smallest absolute Gasteiger partial charge is 0.269 e. The van der Waals surface area contributed by atoms with Crippen LogP contribution in [0, 0.1) is 6.92 Å². The van der Waals surface area contributed by atoms with E-state index in [2.05, 4.69) is 11.2 Å². The molecule has 0 saturated heterocycles. The molecule has 1 heterocycles. The third-order valence-electron chi connectivity index (χ3n) is 2.91. The van der Waals surface area contributed by atoms with Gasteiger partial charge in [-0.3, -0.25) is 4.79 Å². The quantitative estimate of drug-likeness (QED) is 0.863. The molecule has 0 saturated carbocycles. The number of nitrogens with zero attached hydrogens (tertiary/aromatic N) is 2. The van der Waals surface area contributed by atoms with E-state index < -0.39 is 5.91 Å². The molecule has 1 aromatic heterocycles. The van der Waals surface area contributed by atoms with Gasteiger partial charge in [0.25, 0.3) is 5.91 Å². The minimum Gasteiger partial charge on any atom is -0.364 e. The average molecular weight is 258 g/mol. The largest absolute Gasteiger partial charge is 0.364 e. The van der Waals surface area contributed by atoms with Crippen LogP contribution in [0.25, 0.3) is 5.69 Å². The van der Waals surface area contributed by atoms with Gasteiger partial charge < -0.3 is 11.5 Å². The summed E-state index contributed by atoms with van der Waals surface area (Å²) in [6.07, 6.45) is 2.57. The Morgan fingerprint density at radius 3 is 2.68 bits per heavy atom. The number of rotatable bonds is 4. The van der Waals surface area contributed by atoms with Crippen molar-refractivity contribution in [3.63, 3.8) is 0 Å². The van der Waals surface area contributed by atoms with Gasteiger partial charge in [-0.15, -0.1) is 0 Å². The van der Waals surface area contributed by atoms with Gasteiger partial charge in [0, 0.05) is 12.2 Å². The maximum atomic E-state index is 11.0. The maximum Gasteiger partial charge on any atom is 0.269 e. The number of benzene rings is 1. The van der Waals surface area contributed by atoms with Gasteiger partial charge in [-0.25, -0.2) is 4.68 Å². The van der Waals surface area contributed by atoms with E-state index >= 15 is 0 Å². The van der Waals surface area contributed by atoms with Crippen molar-refractivity contribution in [3.05, 3.63) is 47.3 Å². The van der Waals surface area contributed by atoms with Crippen LogP contribution in [0.5, 0.6) is 0 Å². The van der Waals surface area contributed by atoms with Crippen molar-refractivity contribution < 1.29 is 4.79 Å². The average Bonchev–Trinajstić information content (AvgIpc) is 2.77. The van der Waals surface area contributed by atoms with E-state index in [4.69, 9.17) is 11.5 Å². The van der Waals surface area contributed by atoms with Crippen molar-refractivity contribution in [1.29, 1.82) is 0 Å². The zero-order chi connectivity index (χ0) is 14.0. The number of carbonyl (C=O) groups excluding carboxylic acids is 1. The molecule has 5 heteroatoms. The zero-order valence-corrected chi connectivity index (χ0v) is 11.1. The lowest BCUT2D eigenvalue weighted by atomic mass is 10.0. The van der Waals surface area contributed by atoms with E-state index in [0.717, 1.165) is 17.7 Å². The summed E-state index contributed by atoms with van der Waals surface area (Å²) in [7, 11) is 0. The van der Waals surface area contributed by atoms with Gasteiger partial charge in [0.05, 0.1) is 5.69 Å². The number of hydrogen-bond donors (Lipinski definition) is 2. The number of primary amides is 1. The van der Waals surface area contributed by atoms with Gasteiger partial charge in [0.1, 0.15) is 5.69 Å². The first kappa shape index (κ1) is 13.3. The number of aromatic nitrogens is 2. The zero-order valence-electron chi connectivity index (χ0n) is 11.1. The molecule has 0 aliphatic rings. The van der Waals surface area contributed by atoms with E-state index in [1.807, 2.05) is 26.0 Å². The summed E-state index contributed by atoms with van der Waals surface area (Å²) in [4.78, 5) is 11.0. The summed E-state index contributed by atoms with van der Waals surface area (Å²) in [5.41, 5.74) is 14.5. The fraction of sp³-hybridized carbons (Fsp3) is 0.286. The van der Waals surface area contributed by atoms with Gasteiger partial charge in [-0.1, -0.05) is 12.1 Å². The van der Waals surface area contributed by atoms with Crippen molar-refractivity contribution in [1.82, 2.24) is 9.78 Å². The summed E-state index contributed by atoms with van der Waals surface area (Å²) in [6.45, 7) is 3.99. The molecule has 0 radical (unpaired) electrons. The van der Waals surface area contributed by atoms with Crippen LogP contribution in [-0.4, -0.2) is 21.7 Å². The predicted molar refractivity (Wildman–Crippen MR) is 74.2 cm³/mol. The SMILES string of the molecule is Cc1cc(CC(C)N)ccc1-n1ccc(C(N)=O)n1. The van der Waals surface area contributed by atoms with Crippen molar-refractivity contribution in [2.24, 2.45) is 11.5 Å². The van der Waals surface area contributed by atoms with Gasteiger partial charge in [0.2, 0.25) is 0 Å². The van der Waals surface area contributed by atoms with Crippen molar-refractivity contribution in [2.75, 3.05) is 0 Å². The molecule has 1 aromatic carbocycles. The van der Waals surface area contributed by atoms with Gasteiger partial charge in [-0.05, 0) is 43.5 Å². The molecule has 4 N–H and O–H groups in total. The van der Waals surface area contributed by atoms with Crippen LogP contribution < -0.4 is 11.5 Å². The van der Waals surface area contributed by atoms with Crippen LogP contribution in [0.2, 0.25) is 0 Å². The Morgan fingerprint density at radius 1 is 1.42 bits per heavy atom. The lowest BCUT2D eigenvalue weighted by molar-refractivity contribution is 0.0995. The predicted octanol–water partition coefficient (Wildman–Crippen LogP) is 1.17. The molecule has 100 valence electrons. The standard InChI is InChI=1S/C14H18N4O/c1-9-7-11(8-10(2)15)3-4-13(9)18-6-5-12(17-18)14(16)19/h3-7,10H,8,15H2,1-2H3,(H2,16,19). The summed E-state index contributed by atoms with van der Waals surface area (Å²) in [5.74, 6) is -0.523. The molecule has 1 amide bonds. The highest BCUT2D eigenvalue weighted by molar-refractivity contribution is 5.90. The van der Waals surface area contributed by atoms with E-state index in [1.54, 1.807) is 16.9 Å². The molecule has 0 bridgehead atoms. The number of amides is 1. The number of hydrogen-bond acceptors (Lipinski definition) is 3. The number of aryl methyl sites for hydroxylation is 1. The fourth-order valence-corrected chi connectivity index (χ4v) is 2.06. The Hall–Kier alpha value is -2.14. The molecule has 0 aliphatic heterocycles. The van der Waals surface area contributed by atoms with Crippen molar-refractivity contribution in [3.8, 4) is 5.69 Å². The molecule has 2 rings (SSSR count). The Balaban J connectivity index is 2.32. The molecule has 2 aromatic rings. The molecule has 19 heavy (non-hydrogen) atoms. The van der Waals surface area contributed by atoms with Crippen LogP contribution in [-0.2, 0) is 6.42 Å². The second-order valence-electron chi connectivity index (χ2n) is 4.81. The third kappa shape index (κ3) is 3.00. The number of nitrogens with two attached hydrogens (primary N) is 2. The maximum absolute atomic E-state index is 11.0. The van der Waals surface area contributed by atoms with Gasteiger partial charge in [-0.2, -0.15) is 5.10 Å². The van der Waals surface area contributed by atoms with E-state index in [1.165, 1.54) is 5.56 Å². The molecular formula is C14H18N4O. The Morgan fingerprint density at radius 2 is 2.16 bits per heavy atom. The molecule has 0 aliphatic carbocycles. The van der Waals surface area contributed by atoms with E-state index in [9.17, 15) is 4.79 Å². The first-order valence-corrected chi connectivity index (χ1v) is 6.18. The second kappa shape index (κ2) is 5.24. The first-order valence-electron chi connectivity index (χ1n) is 6.18. The molecule has 1 atom stereocenters. The van der Waals surface area contributed by atoms with Gasteiger partial charge in [0.15, 0.2) is 0 Å². The minimum atomic E-state index is -0.523. The van der Waals surface area contributed by atoms with Crippen molar-refractivity contribution >= 4 is 5.91 Å². The third-order valence-corrected chi connectivity index (χ3v) is 2.91. The summed E-state index contributed by atoms with van der Waals surface area (Å²) in [5, 5.41) is 4.15. The van der Waals surface area contributed by atoms with Crippen LogP contribution >= 0.6 is 0 Å². The lowest BCUT2D eigenvalue weighted by Crippen LogP contribution is -2.17. The van der Waals surface area contributed by atoms with E-state index in [-0.39, 0.29) is 11.7 Å². The lowest BCUT2D eigenvalue weighted by Gasteiger charge is -2.10. The summed E-state index contributed by atoms with van der Waals surface area (Å²) < 4.78 is 1.66. The van der Waals surface area contributed by atoms with Gasteiger partial charge >= 0.3 is 0 Å². The summed E-state index contributed by atoms with van der Waals surface area (Å²) >= 11 is 0. The van der Waals surface area contributed by atoms with Crippen molar-refractivity contribution in [2.45, 2.75) is 26.3 Å². The molecule has 5 nitrogen and oxygen atoms in total. The summed E-state index contributed by atoms with van der Waals surface area (Å²) in [6, 6.07) is 7.83. The van der Waals surface area contributed by atoms with Crippen LogP contribution in [0.1, 0.15) is 28.5 Å². The molecule has 1 unspecified atom stereocenters. The molecule has 0 fully saturated rings.